The highest BCUT2D eigenvalue weighted by atomic mass is 35.5. The van der Waals surface area contributed by atoms with Crippen LogP contribution in [0.2, 0.25) is 5.02 Å². The Morgan fingerprint density at radius 2 is 1.94 bits per heavy atom. The number of anilines is 1. The molecule has 4 aromatic rings. The number of benzene rings is 1. The lowest BCUT2D eigenvalue weighted by molar-refractivity contribution is -0.148. The standard InChI is InChI=1S/C23H23ClN6O2/c1-30-9-8-14-20(25-18-12-4-2-11(3-5-12)17(18)23(31)32)26-21(27-22(14)30)19-15-10-13(24)6-7-16(15)28-29-19/h6-12,17-18H,2-5H2,1H3,(H,28,29)(H,31,32)(H,25,26,27). The summed E-state index contributed by atoms with van der Waals surface area (Å²) in [5.74, 6) is 0.576. The van der Waals surface area contributed by atoms with E-state index < -0.39 is 11.9 Å². The van der Waals surface area contributed by atoms with E-state index in [4.69, 9.17) is 21.6 Å². The van der Waals surface area contributed by atoms with E-state index in [1.54, 1.807) is 0 Å². The van der Waals surface area contributed by atoms with E-state index in [0.29, 0.717) is 28.3 Å². The first-order chi connectivity index (χ1) is 15.5. The summed E-state index contributed by atoms with van der Waals surface area (Å²) >= 11 is 6.23. The number of carboxylic acid groups (broad SMARTS) is 1. The molecule has 2 unspecified atom stereocenters. The van der Waals surface area contributed by atoms with Crippen LogP contribution in [0.25, 0.3) is 33.5 Å². The maximum Gasteiger partial charge on any atom is 0.308 e. The van der Waals surface area contributed by atoms with E-state index in [-0.39, 0.29) is 12.0 Å². The number of hydrogen-bond acceptors (Lipinski definition) is 5. The Hall–Kier alpha value is -3.13. The van der Waals surface area contributed by atoms with Crippen LogP contribution in [0.4, 0.5) is 5.82 Å². The van der Waals surface area contributed by atoms with Crippen molar-refractivity contribution in [2.75, 3.05) is 5.32 Å². The monoisotopic (exact) mass is 450 g/mol. The number of fused-ring (bicyclic) bond motifs is 5. The number of halogens is 1. The second-order valence-electron chi connectivity index (χ2n) is 9.03. The fourth-order valence-electron chi connectivity index (χ4n) is 5.68. The molecule has 2 bridgehead atoms. The van der Waals surface area contributed by atoms with Crippen molar-refractivity contribution in [3.8, 4) is 11.5 Å². The van der Waals surface area contributed by atoms with Gasteiger partial charge in [0.2, 0.25) is 0 Å². The highest BCUT2D eigenvalue weighted by Crippen LogP contribution is 2.46. The minimum Gasteiger partial charge on any atom is -0.481 e. The topological polar surface area (TPSA) is 109 Å². The molecular formula is C23H23ClN6O2. The molecule has 0 saturated heterocycles. The lowest BCUT2D eigenvalue weighted by atomic mass is 9.61. The highest BCUT2D eigenvalue weighted by molar-refractivity contribution is 6.31. The predicted octanol–water partition coefficient (Wildman–Crippen LogP) is 4.47. The predicted molar refractivity (Wildman–Crippen MR) is 123 cm³/mol. The van der Waals surface area contributed by atoms with Gasteiger partial charge in [-0.15, -0.1) is 0 Å². The first-order valence-corrected chi connectivity index (χ1v) is 11.3. The summed E-state index contributed by atoms with van der Waals surface area (Å²) in [5.41, 5.74) is 2.24. The Morgan fingerprint density at radius 3 is 2.72 bits per heavy atom. The van der Waals surface area contributed by atoms with Gasteiger partial charge in [-0.05, 0) is 61.8 Å². The summed E-state index contributed by atoms with van der Waals surface area (Å²) in [6.45, 7) is 0. The zero-order valence-corrected chi connectivity index (χ0v) is 18.3. The number of aryl methyl sites for hydroxylation is 1. The lowest BCUT2D eigenvalue weighted by Crippen LogP contribution is -2.51. The van der Waals surface area contributed by atoms with Crippen LogP contribution in [0, 0.1) is 17.8 Å². The number of aromatic nitrogens is 5. The van der Waals surface area contributed by atoms with Gasteiger partial charge in [-0.3, -0.25) is 9.89 Å². The first-order valence-electron chi connectivity index (χ1n) is 11.0. The number of nitrogens with zero attached hydrogens (tertiary/aromatic N) is 4. The van der Waals surface area contributed by atoms with E-state index in [2.05, 4.69) is 15.5 Å². The van der Waals surface area contributed by atoms with Crippen LogP contribution >= 0.6 is 11.6 Å². The van der Waals surface area contributed by atoms with Gasteiger partial charge in [0.25, 0.3) is 0 Å². The molecule has 8 nitrogen and oxygen atoms in total. The third-order valence-electron chi connectivity index (χ3n) is 7.27. The summed E-state index contributed by atoms with van der Waals surface area (Å²) in [7, 11) is 1.94. The molecule has 1 aromatic carbocycles. The summed E-state index contributed by atoms with van der Waals surface area (Å²) in [6, 6.07) is 7.37. The van der Waals surface area contributed by atoms with Crippen molar-refractivity contribution < 1.29 is 9.90 Å². The smallest absolute Gasteiger partial charge is 0.308 e. The molecule has 9 heteroatoms. The summed E-state index contributed by atoms with van der Waals surface area (Å²) in [4.78, 5) is 21.8. The van der Waals surface area contributed by atoms with E-state index in [0.717, 1.165) is 47.6 Å². The summed E-state index contributed by atoms with van der Waals surface area (Å²) in [6.07, 6.45) is 6.05. The van der Waals surface area contributed by atoms with Gasteiger partial charge in [-0.25, -0.2) is 9.97 Å². The molecule has 3 fully saturated rings. The van der Waals surface area contributed by atoms with Gasteiger partial charge in [-0.1, -0.05) is 11.6 Å². The van der Waals surface area contributed by atoms with Crippen molar-refractivity contribution in [3.05, 3.63) is 35.5 Å². The Morgan fingerprint density at radius 1 is 1.16 bits per heavy atom. The van der Waals surface area contributed by atoms with E-state index in [1.165, 1.54) is 0 Å². The van der Waals surface area contributed by atoms with Crippen LogP contribution < -0.4 is 5.32 Å². The Labute approximate surface area is 189 Å². The van der Waals surface area contributed by atoms with Crippen LogP contribution in [0.15, 0.2) is 30.5 Å². The third-order valence-corrected chi connectivity index (χ3v) is 7.50. The van der Waals surface area contributed by atoms with Crippen LogP contribution in [-0.4, -0.2) is 41.9 Å². The van der Waals surface area contributed by atoms with E-state index in [9.17, 15) is 9.90 Å². The van der Waals surface area contributed by atoms with Gasteiger partial charge in [0.1, 0.15) is 17.2 Å². The average Bonchev–Trinajstić information content (AvgIpc) is 3.37. The molecule has 164 valence electrons. The van der Waals surface area contributed by atoms with E-state index in [1.807, 2.05) is 42.1 Å². The van der Waals surface area contributed by atoms with E-state index >= 15 is 0 Å². The quantitative estimate of drug-likeness (QED) is 0.423. The van der Waals surface area contributed by atoms with Crippen LogP contribution in [0.5, 0.6) is 0 Å². The molecule has 0 amide bonds. The minimum absolute atomic E-state index is 0.142. The van der Waals surface area contributed by atoms with Crippen molar-refractivity contribution in [3.63, 3.8) is 0 Å². The molecule has 3 aromatic heterocycles. The number of nitrogens with one attached hydrogen (secondary N) is 2. The molecule has 3 saturated carbocycles. The molecule has 3 heterocycles. The maximum atomic E-state index is 12.1. The minimum atomic E-state index is -0.719. The maximum absolute atomic E-state index is 12.1. The number of carboxylic acids is 1. The average molecular weight is 451 g/mol. The fourth-order valence-corrected chi connectivity index (χ4v) is 5.85. The molecule has 3 aliphatic rings. The molecular weight excluding hydrogens is 428 g/mol. The molecule has 3 N–H and O–H groups in total. The highest BCUT2D eigenvalue weighted by Gasteiger charge is 2.47. The van der Waals surface area contributed by atoms with Gasteiger partial charge in [0, 0.05) is 29.7 Å². The number of rotatable bonds is 4. The second-order valence-corrected chi connectivity index (χ2v) is 9.47. The van der Waals surface area contributed by atoms with Crippen LogP contribution in [0.3, 0.4) is 0 Å². The summed E-state index contributed by atoms with van der Waals surface area (Å²) in [5, 5.41) is 23.3. The van der Waals surface area contributed by atoms with Crippen molar-refractivity contribution >= 4 is 45.3 Å². The van der Waals surface area contributed by atoms with Gasteiger partial charge < -0.3 is 15.0 Å². The van der Waals surface area contributed by atoms with Crippen LogP contribution in [0.1, 0.15) is 25.7 Å². The molecule has 2 atom stereocenters. The lowest BCUT2D eigenvalue weighted by Gasteiger charge is -2.47. The molecule has 7 rings (SSSR count). The fraction of sp³-hybridized carbons (Fsp3) is 0.391. The SMILES string of the molecule is Cn1ccc2c(NC3C4CCC(CC4)C3C(=O)O)nc(-c3n[nH]c4ccc(Cl)cc34)nc21. The summed E-state index contributed by atoms with van der Waals surface area (Å²) < 4.78 is 1.94. The number of aromatic amines is 1. The van der Waals surface area contributed by atoms with Gasteiger partial charge >= 0.3 is 5.97 Å². The van der Waals surface area contributed by atoms with Crippen LogP contribution in [-0.2, 0) is 11.8 Å². The third kappa shape index (κ3) is 2.97. The normalized spacial score (nSPS) is 24.9. The van der Waals surface area contributed by atoms with Gasteiger partial charge in [-0.2, -0.15) is 5.10 Å². The Kier molecular flexibility index (Phi) is 4.40. The van der Waals surface area contributed by atoms with Gasteiger partial charge in [0.05, 0.1) is 16.8 Å². The van der Waals surface area contributed by atoms with Crippen molar-refractivity contribution in [1.29, 1.82) is 0 Å². The van der Waals surface area contributed by atoms with Gasteiger partial charge in [0.15, 0.2) is 5.82 Å². The second kappa shape index (κ2) is 7.20. The molecule has 32 heavy (non-hydrogen) atoms. The molecule has 0 radical (unpaired) electrons. The number of H-pyrrole nitrogens is 1. The van der Waals surface area contributed by atoms with Crippen molar-refractivity contribution in [2.24, 2.45) is 24.8 Å². The Bertz CT molecular complexity index is 1350. The first kappa shape index (κ1) is 19.5. The number of hydrogen-bond donors (Lipinski definition) is 3. The largest absolute Gasteiger partial charge is 0.481 e. The molecule has 0 spiro atoms. The number of aliphatic carboxylic acids is 1. The molecule has 3 aliphatic carbocycles. The van der Waals surface area contributed by atoms with Crippen molar-refractivity contribution in [2.45, 2.75) is 31.7 Å². The zero-order chi connectivity index (χ0) is 22.0. The zero-order valence-electron chi connectivity index (χ0n) is 17.5. The Balaban J connectivity index is 1.48. The molecule has 0 aliphatic heterocycles. The number of carbonyl (C=O) groups is 1. The van der Waals surface area contributed by atoms with Crippen molar-refractivity contribution in [1.82, 2.24) is 24.7 Å².